The number of hydrogen-bond acceptors (Lipinski definition) is 5. The first-order valence-electron chi connectivity index (χ1n) is 6.35. The molecule has 0 fully saturated rings. The summed E-state index contributed by atoms with van der Waals surface area (Å²) in [5.74, 6) is -0.490. The quantitative estimate of drug-likeness (QED) is 0.672. The highest BCUT2D eigenvalue weighted by Crippen LogP contribution is 2.32. The molecule has 2 rings (SSSR count). The summed E-state index contributed by atoms with van der Waals surface area (Å²) in [4.78, 5) is 14.4. The molecule has 0 bridgehead atoms. The van der Waals surface area contributed by atoms with Crippen LogP contribution in [-0.2, 0) is 0 Å². The van der Waals surface area contributed by atoms with Gasteiger partial charge in [0, 0.05) is 12.6 Å². The first-order valence-corrected chi connectivity index (χ1v) is 6.35. The van der Waals surface area contributed by atoms with E-state index in [4.69, 9.17) is 4.74 Å². The Morgan fingerprint density at radius 1 is 1.38 bits per heavy atom. The third-order valence-corrected chi connectivity index (χ3v) is 2.76. The van der Waals surface area contributed by atoms with Crippen molar-refractivity contribution in [1.29, 1.82) is 0 Å². The average molecular weight is 291 g/mol. The van der Waals surface area contributed by atoms with Crippen LogP contribution in [0.5, 0.6) is 11.6 Å². The van der Waals surface area contributed by atoms with Crippen LogP contribution in [-0.4, -0.2) is 16.5 Å². The molecule has 0 atom stereocenters. The predicted octanol–water partition coefficient (Wildman–Crippen LogP) is 3.66. The molecule has 0 amide bonds. The summed E-state index contributed by atoms with van der Waals surface area (Å²) in [6, 6.07) is 7.33. The summed E-state index contributed by atoms with van der Waals surface area (Å²) < 4.78 is 19.2. The van der Waals surface area contributed by atoms with Crippen LogP contribution in [0, 0.1) is 22.9 Å². The van der Waals surface area contributed by atoms with Gasteiger partial charge in [0.2, 0.25) is 0 Å². The molecule has 21 heavy (non-hydrogen) atoms. The summed E-state index contributed by atoms with van der Waals surface area (Å²) in [7, 11) is 0. The molecule has 0 radical (unpaired) electrons. The molecule has 6 nitrogen and oxygen atoms in total. The number of pyridine rings is 1. The Bertz CT molecular complexity index is 677. The van der Waals surface area contributed by atoms with Crippen LogP contribution in [0.25, 0.3) is 0 Å². The largest absolute Gasteiger partial charge is 0.430 e. The topological polar surface area (TPSA) is 77.3 Å². The lowest BCUT2D eigenvalue weighted by molar-refractivity contribution is -0.386. The first kappa shape index (κ1) is 14.7. The smallest absolute Gasteiger partial charge is 0.331 e. The zero-order chi connectivity index (χ0) is 15.4. The normalized spacial score (nSPS) is 10.2. The van der Waals surface area contributed by atoms with Crippen molar-refractivity contribution in [2.24, 2.45) is 0 Å². The van der Waals surface area contributed by atoms with E-state index in [1.54, 1.807) is 19.1 Å². The number of ether oxygens (including phenoxy) is 1. The van der Waals surface area contributed by atoms with Gasteiger partial charge in [0.25, 0.3) is 0 Å². The Kier molecular flexibility index (Phi) is 4.32. The minimum Gasteiger partial charge on any atom is -0.430 e. The third kappa shape index (κ3) is 3.25. The number of nitro groups is 1. The van der Waals surface area contributed by atoms with Crippen molar-refractivity contribution in [3.8, 4) is 11.6 Å². The second-order valence-electron chi connectivity index (χ2n) is 4.30. The van der Waals surface area contributed by atoms with E-state index in [2.05, 4.69) is 10.3 Å². The zero-order valence-corrected chi connectivity index (χ0v) is 11.6. The molecule has 0 aliphatic rings. The van der Waals surface area contributed by atoms with Crippen LogP contribution in [0.15, 0.2) is 30.3 Å². The van der Waals surface area contributed by atoms with Crippen molar-refractivity contribution in [1.82, 2.24) is 4.98 Å². The number of aromatic nitrogens is 1. The highest BCUT2D eigenvalue weighted by Gasteiger charge is 2.20. The van der Waals surface area contributed by atoms with Crippen LogP contribution in [0.2, 0.25) is 0 Å². The van der Waals surface area contributed by atoms with Crippen LogP contribution in [0.3, 0.4) is 0 Å². The van der Waals surface area contributed by atoms with Gasteiger partial charge in [0.1, 0.15) is 5.82 Å². The molecule has 2 aromatic rings. The highest BCUT2D eigenvalue weighted by molar-refractivity contribution is 5.50. The fourth-order valence-electron chi connectivity index (χ4n) is 1.73. The van der Waals surface area contributed by atoms with E-state index in [1.807, 2.05) is 6.92 Å². The molecule has 110 valence electrons. The van der Waals surface area contributed by atoms with Gasteiger partial charge in [0.05, 0.1) is 4.92 Å². The molecule has 0 aliphatic heterocycles. The number of nitrogens with zero attached hydrogens (tertiary/aromatic N) is 2. The molecule has 1 N–H and O–H groups in total. The van der Waals surface area contributed by atoms with Gasteiger partial charge in [-0.1, -0.05) is 12.1 Å². The fourth-order valence-corrected chi connectivity index (χ4v) is 1.73. The van der Waals surface area contributed by atoms with Crippen LogP contribution in [0.4, 0.5) is 15.9 Å². The van der Waals surface area contributed by atoms with Crippen molar-refractivity contribution < 1.29 is 14.1 Å². The lowest BCUT2D eigenvalue weighted by Crippen LogP contribution is -2.03. The number of nitrogens with one attached hydrogen (secondary N) is 1. The number of rotatable bonds is 5. The Balaban J connectivity index is 2.43. The maximum absolute atomic E-state index is 13.9. The molecule has 0 spiro atoms. The standard InChI is InChI=1S/C14H14FN3O3/c1-3-16-12-8-7-10(18(19)20)14(17-12)21-11-6-4-5-9(2)13(11)15/h4-8H,3H2,1-2H3,(H,16,17). The second-order valence-corrected chi connectivity index (χ2v) is 4.30. The highest BCUT2D eigenvalue weighted by atomic mass is 19.1. The molecular weight excluding hydrogens is 277 g/mol. The van der Waals surface area contributed by atoms with E-state index in [-0.39, 0.29) is 17.3 Å². The maximum atomic E-state index is 13.9. The Morgan fingerprint density at radius 2 is 2.14 bits per heavy atom. The number of aryl methyl sites for hydroxylation is 1. The van der Waals surface area contributed by atoms with E-state index >= 15 is 0 Å². The number of hydrogen-bond donors (Lipinski definition) is 1. The minimum absolute atomic E-state index is 0.0979. The Labute approximate surface area is 120 Å². The summed E-state index contributed by atoms with van der Waals surface area (Å²) in [6.07, 6.45) is 0. The van der Waals surface area contributed by atoms with E-state index in [9.17, 15) is 14.5 Å². The lowest BCUT2D eigenvalue weighted by atomic mass is 10.2. The SMILES string of the molecule is CCNc1ccc([N+](=O)[O-])c(Oc2cccc(C)c2F)n1. The van der Waals surface area contributed by atoms with Gasteiger partial charge in [-0.2, -0.15) is 4.98 Å². The molecule has 0 unspecified atom stereocenters. The van der Waals surface area contributed by atoms with Crippen LogP contribution >= 0.6 is 0 Å². The van der Waals surface area contributed by atoms with Gasteiger partial charge in [-0.3, -0.25) is 10.1 Å². The van der Waals surface area contributed by atoms with Crippen molar-refractivity contribution >= 4 is 11.5 Å². The van der Waals surface area contributed by atoms with Crippen molar-refractivity contribution in [3.05, 3.63) is 51.8 Å². The van der Waals surface area contributed by atoms with Gasteiger partial charge in [-0.05, 0) is 31.5 Å². The van der Waals surface area contributed by atoms with Gasteiger partial charge in [-0.25, -0.2) is 4.39 Å². The maximum Gasteiger partial charge on any atom is 0.331 e. The van der Waals surface area contributed by atoms with Crippen LogP contribution < -0.4 is 10.1 Å². The van der Waals surface area contributed by atoms with E-state index in [0.29, 0.717) is 17.9 Å². The molecule has 0 aliphatic carbocycles. The Hall–Kier alpha value is -2.70. The molecule has 1 aromatic heterocycles. The lowest BCUT2D eigenvalue weighted by Gasteiger charge is -2.09. The predicted molar refractivity (Wildman–Crippen MR) is 76.3 cm³/mol. The third-order valence-electron chi connectivity index (χ3n) is 2.76. The summed E-state index contributed by atoms with van der Waals surface area (Å²) in [5.41, 5.74) is 0.0653. The van der Waals surface area contributed by atoms with Crippen molar-refractivity contribution in [3.63, 3.8) is 0 Å². The number of benzene rings is 1. The minimum atomic E-state index is -0.619. The Morgan fingerprint density at radius 3 is 2.81 bits per heavy atom. The van der Waals surface area contributed by atoms with Crippen molar-refractivity contribution in [2.75, 3.05) is 11.9 Å². The monoisotopic (exact) mass is 291 g/mol. The zero-order valence-electron chi connectivity index (χ0n) is 11.6. The molecular formula is C14H14FN3O3. The van der Waals surface area contributed by atoms with E-state index in [0.717, 1.165) is 0 Å². The van der Waals surface area contributed by atoms with Gasteiger partial charge >= 0.3 is 11.6 Å². The summed E-state index contributed by atoms with van der Waals surface area (Å²) >= 11 is 0. The average Bonchev–Trinajstić information content (AvgIpc) is 2.44. The van der Waals surface area contributed by atoms with E-state index in [1.165, 1.54) is 18.2 Å². The summed E-state index contributed by atoms with van der Waals surface area (Å²) in [6.45, 7) is 4.05. The van der Waals surface area contributed by atoms with E-state index < -0.39 is 10.7 Å². The molecule has 1 aromatic carbocycles. The van der Waals surface area contributed by atoms with Crippen LogP contribution in [0.1, 0.15) is 12.5 Å². The van der Waals surface area contributed by atoms with Gasteiger partial charge in [-0.15, -0.1) is 0 Å². The molecule has 0 saturated heterocycles. The fraction of sp³-hybridized carbons (Fsp3) is 0.214. The van der Waals surface area contributed by atoms with Gasteiger partial charge in [0.15, 0.2) is 11.6 Å². The number of anilines is 1. The van der Waals surface area contributed by atoms with Gasteiger partial charge < -0.3 is 10.1 Å². The molecule has 1 heterocycles. The second kappa shape index (κ2) is 6.17. The van der Waals surface area contributed by atoms with Crippen molar-refractivity contribution in [2.45, 2.75) is 13.8 Å². The molecule has 0 saturated carbocycles. The first-order chi connectivity index (χ1) is 10.0. The summed E-state index contributed by atoms with van der Waals surface area (Å²) in [5, 5.41) is 13.9. The molecule has 7 heteroatoms. The number of halogens is 1.